The molecule has 0 aliphatic carbocycles. The molecule has 106 valence electrons. The Kier molecular flexibility index (Phi) is 7.92. The quantitative estimate of drug-likeness (QED) is 0.549. The van der Waals surface area contributed by atoms with Crippen molar-refractivity contribution in [1.82, 2.24) is 15.0 Å². The zero-order chi connectivity index (χ0) is 13.9. The molecule has 2 N–H and O–H groups in total. The molecule has 0 fully saturated rings. The first-order valence-corrected chi connectivity index (χ1v) is 7.26. The normalized spacial score (nSPS) is 11.9. The zero-order valence-corrected chi connectivity index (χ0v) is 12.2. The highest BCUT2D eigenvalue weighted by Crippen LogP contribution is 2.06. The molecule has 19 heavy (non-hydrogen) atoms. The summed E-state index contributed by atoms with van der Waals surface area (Å²) in [5, 5.41) is 8.24. The second-order valence-electron chi connectivity index (χ2n) is 5.10. The van der Waals surface area contributed by atoms with E-state index in [0.717, 1.165) is 25.1 Å². The van der Waals surface area contributed by atoms with Crippen molar-refractivity contribution in [2.75, 3.05) is 0 Å². The van der Waals surface area contributed by atoms with Gasteiger partial charge in [-0.3, -0.25) is 4.68 Å². The summed E-state index contributed by atoms with van der Waals surface area (Å²) in [4.78, 5) is 0. The van der Waals surface area contributed by atoms with Gasteiger partial charge >= 0.3 is 0 Å². The number of hydrogen-bond donors (Lipinski definition) is 1. The van der Waals surface area contributed by atoms with Crippen LogP contribution in [0.5, 0.6) is 0 Å². The lowest BCUT2D eigenvalue weighted by atomic mass is 10.1. The molecule has 4 heteroatoms. The Bertz CT molecular complexity index is 398. The van der Waals surface area contributed by atoms with Crippen LogP contribution in [0.3, 0.4) is 0 Å². The number of aryl methyl sites for hydroxylation is 1. The van der Waals surface area contributed by atoms with E-state index in [9.17, 15) is 0 Å². The van der Waals surface area contributed by atoms with E-state index < -0.39 is 0 Å². The smallest absolute Gasteiger partial charge is 0.0842 e. The first-order valence-electron chi connectivity index (χ1n) is 7.26. The molecule has 0 amide bonds. The SMILES string of the molecule is CC#CCCCCCCCn1cc(CC(C)N)nn1. The predicted molar refractivity (Wildman–Crippen MR) is 78.5 cm³/mol. The second kappa shape index (κ2) is 9.57. The van der Waals surface area contributed by atoms with Gasteiger partial charge in [-0.05, 0) is 26.7 Å². The number of rotatable bonds is 9. The molecule has 0 bridgehead atoms. The van der Waals surface area contributed by atoms with Crippen LogP contribution >= 0.6 is 0 Å². The van der Waals surface area contributed by atoms with Gasteiger partial charge in [0.2, 0.25) is 0 Å². The molecule has 0 spiro atoms. The summed E-state index contributed by atoms with van der Waals surface area (Å²) in [6, 6.07) is 0.149. The number of nitrogens with zero attached hydrogens (tertiary/aromatic N) is 3. The Balaban J connectivity index is 2.05. The first kappa shape index (κ1) is 15.7. The van der Waals surface area contributed by atoms with Crippen LogP contribution in [0.2, 0.25) is 0 Å². The maximum absolute atomic E-state index is 5.74. The van der Waals surface area contributed by atoms with E-state index in [-0.39, 0.29) is 6.04 Å². The molecular formula is C15H26N4. The van der Waals surface area contributed by atoms with Crippen LogP contribution in [0.25, 0.3) is 0 Å². The third-order valence-electron chi connectivity index (χ3n) is 2.98. The fourth-order valence-corrected chi connectivity index (χ4v) is 2.01. The maximum atomic E-state index is 5.74. The maximum Gasteiger partial charge on any atom is 0.0842 e. The second-order valence-corrected chi connectivity index (χ2v) is 5.10. The monoisotopic (exact) mass is 262 g/mol. The molecule has 0 saturated carbocycles. The van der Waals surface area contributed by atoms with Gasteiger partial charge in [0.05, 0.1) is 5.69 Å². The molecule has 1 atom stereocenters. The zero-order valence-electron chi connectivity index (χ0n) is 12.2. The standard InChI is InChI=1S/C15H26N4/c1-3-4-5-6-7-8-9-10-11-19-13-15(17-18-19)12-14(2)16/h13-14H,5-12,16H2,1-2H3. The van der Waals surface area contributed by atoms with Gasteiger partial charge in [0.25, 0.3) is 0 Å². The minimum atomic E-state index is 0.149. The fraction of sp³-hybridized carbons (Fsp3) is 0.733. The van der Waals surface area contributed by atoms with Gasteiger partial charge in [-0.1, -0.05) is 24.5 Å². The van der Waals surface area contributed by atoms with Gasteiger partial charge in [-0.2, -0.15) is 0 Å². The van der Waals surface area contributed by atoms with Gasteiger partial charge in [-0.15, -0.1) is 16.9 Å². The van der Waals surface area contributed by atoms with E-state index in [1.807, 2.05) is 24.7 Å². The van der Waals surface area contributed by atoms with Gasteiger partial charge in [0.15, 0.2) is 0 Å². The molecule has 1 aromatic rings. The summed E-state index contributed by atoms with van der Waals surface area (Å²) in [7, 11) is 0. The minimum absolute atomic E-state index is 0.149. The molecule has 0 aromatic carbocycles. The lowest BCUT2D eigenvalue weighted by Gasteiger charge is -2.01. The summed E-state index contributed by atoms with van der Waals surface area (Å²) in [6.07, 6.45) is 10.1. The van der Waals surface area contributed by atoms with Crippen LogP contribution in [0.4, 0.5) is 0 Å². The summed E-state index contributed by atoms with van der Waals surface area (Å²) >= 11 is 0. The average molecular weight is 262 g/mol. The molecule has 0 aliphatic rings. The fourth-order valence-electron chi connectivity index (χ4n) is 2.01. The van der Waals surface area contributed by atoms with Crippen LogP contribution in [0, 0.1) is 11.8 Å². The Morgan fingerprint density at radius 1 is 1.26 bits per heavy atom. The molecule has 1 heterocycles. The molecule has 1 rings (SSSR count). The predicted octanol–water partition coefficient (Wildman–Crippen LogP) is 2.53. The van der Waals surface area contributed by atoms with Crippen molar-refractivity contribution in [1.29, 1.82) is 0 Å². The van der Waals surface area contributed by atoms with Crippen molar-refractivity contribution in [2.24, 2.45) is 5.73 Å². The summed E-state index contributed by atoms with van der Waals surface area (Å²) in [6.45, 7) is 4.85. The number of aromatic nitrogens is 3. The molecule has 0 radical (unpaired) electrons. The van der Waals surface area contributed by atoms with E-state index in [0.29, 0.717) is 0 Å². The number of nitrogens with two attached hydrogens (primary N) is 1. The highest BCUT2D eigenvalue weighted by Gasteiger charge is 2.03. The number of unbranched alkanes of at least 4 members (excludes halogenated alkanes) is 5. The topological polar surface area (TPSA) is 56.7 Å². The van der Waals surface area contributed by atoms with Gasteiger partial charge < -0.3 is 5.73 Å². The van der Waals surface area contributed by atoms with Gasteiger partial charge in [0.1, 0.15) is 0 Å². The molecular weight excluding hydrogens is 236 g/mol. The summed E-state index contributed by atoms with van der Waals surface area (Å²) in [5.41, 5.74) is 6.73. The number of hydrogen-bond acceptors (Lipinski definition) is 3. The average Bonchev–Trinajstić information content (AvgIpc) is 2.79. The van der Waals surface area contributed by atoms with Crippen molar-refractivity contribution in [3.05, 3.63) is 11.9 Å². The minimum Gasteiger partial charge on any atom is -0.328 e. The highest BCUT2D eigenvalue weighted by atomic mass is 15.4. The lowest BCUT2D eigenvalue weighted by molar-refractivity contribution is 0.519. The third kappa shape index (κ3) is 7.63. The van der Waals surface area contributed by atoms with Crippen LogP contribution in [0.15, 0.2) is 6.20 Å². The summed E-state index contributed by atoms with van der Waals surface area (Å²) in [5.74, 6) is 6.03. The Hall–Kier alpha value is -1.34. The van der Waals surface area contributed by atoms with Crippen LogP contribution in [0.1, 0.15) is 58.1 Å². The summed E-state index contributed by atoms with van der Waals surface area (Å²) < 4.78 is 1.93. The van der Waals surface area contributed by atoms with E-state index in [4.69, 9.17) is 5.73 Å². The van der Waals surface area contributed by atoms with Crippen molar-refractivity contribution in [2.45, 2.75) is 71.4 Å². The molecule has 4 nitrogen and oxygen atoms in total. The Morgan fingerprint density at radius 3 is 2.74 bits per heavy atom. The van der Waals surface area contributed by atoms with Gasteiger partial charge in [0, 0.05) is 31.6 Å². The largest absolute Gasteiger partial charge is 0.328 e. The highest BCUT2D eigenvalue weighted by molar-refractivity contribution is 4.95. The molecule has 0 saturated heterocycles. The molecule has 1 aromatic heterocycles. The Labute approximate surface area is 116 Å². The van der Waals surface area contributed by atoms with E-state index in [1.165, 1.54) is 32.1 Å². The third-order valence-corrected chi connectivity index (χ3v) is 2.98. The van der Waals surface area contributed by atoms with Crippen LogP contribution in [-0.2, 0) is 13.0 Å². The van der Waals surface area contributed by atoms with E-state index >= 15 is 0 Å². The van der Waals surface area contributed by atoms with Crippen molar-refractivity contribution in [3.8, 4) is 11.8 Å². The molecule has 1 unspecified atom stereocenters. The van der Waals surface area contributed by atoms with Crippen LogP contribution < -0.4 is 5.73 Å². The first-order chi connectivity index (χ1) is 9.22. The molecule has 0 aliphatic heterocycles. The Morgan fingerprint density at radius 2 is 2.00 bits per heavy atom. The van der Waals surface area contributed by atoms with Crippen molar-refractivity contribution >= 4 is 0 Å². The van der Waals surface area contributed by atoms with E-state index in [1.54, 1.807) is 0 Å². The lowest BCUT2D eigenvalue weighted by Crippen LogP contribution is -2.17. The van der Waals surface area contributed by atoms with E-state index in [2.05, 4.69) is 22.2 Å². The van der Waals surface area contributed by atoms with Crippen molar-refractivity contribution in [3.63, 3.8) is 0 Å². The van der Waals surface area contributed by atoms with Gasteiger partial charge in [-0.25, -0.2) is 0 Å². The van der Waals surface area contributed by atoms with Crippen molar-refractivity contribution < 1.29 is 0 Å². The van der Waals surface area contributed by atoms with Crippen LogP contribution in [-0.4, -0.2) is 21.0 Å².